The fourth-order valence-corrected chi connectivity index (χ4v) is 3.63. The number of hydrogen-bond acceptors (Lipinski definition) is 3. The molecule has 3 rings (SSSR count). The van der Waals surface area contributed by atoms with E-state index in [2.05, 4.69) is 41.9 Å². The molecular weight excluding hydrogens is 296 g/mol. The van der Waals surface area contributed by atoms with Gasteiger partial charge in [0.2, 0.25) is 0 Å². The number of hydrogen-bond donors (Lipinski definition) is 1. The zero-order valence-electron chi connectivity index (χ0n) is 10.6. The van der Waals surface area contributed by atoms with E-state index in [1.165, 1.54) is 5.56 Å². The molecule has 0 aromatic heterocycles. The highest BCUT2D eigenvalue weighted by atomic mass is 79.9. The average Bonchev–Trinajstić information content (AvgIpc) is 2.91. The van der Waals surface area contributed by atoms with E-state index >= 15 is 0 Å². The monoisotopic (exact) mass is 312 g/mol. The second kappa shape index (κ2) is 4.14. The summed E-state index contributed by atoms with van der Waals surface area (Å²) in [6.45, 7) is 5.83. The maximum atomic E-state index is 9.41. The first-order valence-electron chi connectivity index (χ1n) is 6.25. The molecule has 1 fully saturated rings. The summed E-state index contributed by atoms with van der Waals surface area (Å²) in [5.41, 5.74) is 1.38. The summed E-state index contributed by atoms with van der Waals surface area (Å²) < 4.78 is 12.2. The largest absolute Gasteiger partial charge is 0.486 e. The van der Waals surface area contributed by atoms with Gasteiger partial charge < -0.3 is 14.6 Å². The third-order valence-electron chi connectivity index (χ3n) is 4.23. The molecule has 0 saturated heterocycles. The van der Waals surface area contributed by atoms with E-state index in [1.54, 1.807) is 0 Å². The number of aliphatic hydroxyl groups excluding tert-OH is 1. The number of halogens is 1. The number of ether oxygens (including phenoxy) is 2. The smallest absolute Gasteiger partial charge is 0.175 e. The maximum Gasteiger partial charge on any atom is 0.175 e. The fourth-order valence-electron chi connectivity index (χ4n) is 3.06. The summed E-state index contributed by atoms with van der Waals surface area (Å²) in [5.74, 6) is 2.34. The molecule has 2 unspecified atom stereocenters. The normalized spacial score (nSPS) is 28.0. The molecule has 1 aliphatic carbocycles. The Labute approximate surface area is 115 Å². The lowest BCUT2D eigenvalue weighted by Crippen LogP contribution is -2.16. The van der Waals surface area contributed by atoms with Gasteiger partial charge in [-0.15, -0.1) is 0 Å². The Kier molecular flexibility index (Phi) is 2.83. The molecule has 1 N–H and O–H groups in total. The van der Waals surface area contributed by atoms with E-state index < -0.39 is 0 Å². The molecule has 1 saturated carbocycles. The lowest BCUT2D eigenvalue weighted by Gasteiger charge is -2.20. The molecule has 18 heavy (non-hydrogen) atoms. The molecule has 2 atom stereocenters. The Hall–Kier alpha value is -0.740. The van der Waals surface area contributed by atoms with E-state index in [-0.39, 0.29) is 12.0 Å². The molecule has 98 valence electrons. The molecule has 1 aromatic carbocycles. The Morgan fingerprint density at radius 1 is 1.33 bits per heavy atom. The van der Waals surface area contributed by atoms with Crippen LogP contribution in [-0.4, -0.2) is 24.9 Å². The van der Waals surface area contributed by atoms with Crippen molar-refractivity contribution in [3.63, 3.8) is 0 Å². The highest BCUT2D eigenvalue weighted by Crippen LogP contribution is 2.64. The van der Waals surface area contributed by atoms with Crippen molar-refractivity contribution >= 4 is 15.9 Å². The molecular formula is C14H17BrO3. The van der Waals surface area contributed by atoms with Gasteiger partial charge in [-0.05, 0) is 50.9 Å². The van der Waals surface area contributed by atoms with Crippen molar-refractivity contribution in [2.24, 2.45) is 11.3 Å². The molecule has 1 heterocycles. The molecule has 2 aliphatic rings. The van der Waals surface area contributed by atoms with Gasteiger partial charge in [0.05, 0.1) is 4.47 Å². The van der Waals surface area contributed by atoms with Crippen molar-refractivity contribution in [3.05, 3.63) is 22.2 Å². The predicted molar refractivity (Wildman–Crippen MR) is 72.2 cm³/mol. The van der Waals surface area contributed by atoms with Crippen LogP contribution in [0.3, 0.4) is 0 Å². The van der Waals surface area contributed by atoms with Crippen LogP contribution >= 0.6 is 15.9 Å². The van der Waals surface area contributed by atoms with Crippen LogP contribution in [0, 0.1) is 11.3 Å². The zero-order valence-corrected chi connectivity index (χ0v) is 12.2. The Bertz CT molecular complexity index is 484. The minimum absolute atomic E-state index is 0.165. The zero-order chi connectivity index (χ0) is 12.9. The van der Waals surface area contributed by atoms with Crippen LogP contribution in [0.5, 0.6) is 11.5 Å². The summed E-state index contributed by atoms with van der Waals surface area (Å²) >= 11 is 3.54. The van der Waals surface area contributed by atoms with E-state index in [0.29, 0.717) is 25.0 Å². The molecule has 3 nitrogen and oxygen atoms in total. The highest BCUT2D eigenvalue weighted by Gasteiger charge is 2.57. The minimum Gasteiger partial charge on any atom is -0.486 e. The van der Waals surface area contributed by atoms with Gasteiger partial charge in [0.15, 0.2) is 11.5 Å². The molecule has 0 spiro atoms. The van der Waals surface area contributed by atoms with Crippen molar-refractivity contribution in [1.29, 1.82) is 0 Å². The first-order chi connectivity index (χ1) is 8.55. The molecule has 0 radical (unpaired) electrons. The van der Waals surface area contributed by atoms with Crippen LogP contribution in [0.15, 0.2) is 16.6 Å². The fraction of sp³-hybridized carbons (Fsp3) is 0.571. The number of fused-ring (bicyclic) bond motifs is 1. The maximum absolute atomic E-state index is 9.41. The van der Waals surface area contributed by atoms with Gasteiger partial charge in [-0.25, -0.2) is 0 Å². The molecule has 1 aliphatic heterocycles. The molecule has 1 aromatic rings. The summed E-state index contributed by atoms with van der Waals surface area (Å²) in [5, 5.41) is 9.41. The summed E-state index contributed by atoms with van der Waals surface area (Å²) in [7, 11) is 0. The Balaban J connectivity index is 1.97. The first-order valence-corrected chi connectivity index (χ1v) is 7.05. The van der Waals surface area contributed by atoms with Crippen LogP contribution in [0.2, 0.25) is 0 Å². The van der Waals surface area contributed by atoms with Gasteiger partial charge in [0.1, 0.15) is 13.2 Å². The number of aliphatic hydroxyl groups is 1. The summed E-state index contributed by atoms with van der Waals surface area (Å²) in [6, 6.07) is 4.15. The lowest BCUT2D eigenvalue weighted by molar-refractivity contribution is 0.170. The third-order valence-corrected chi connectivity index (χ3v) is 4.81. The SMILES string of the molecule is CC1(C)C(CO)C1c1cc(Br)c2c(c1)OCCO2. The minimum atomic E-state index is 0.165. The predicted octanol–water partition coefficient (Wildman–Crippen LogP) is 2.95. The van der Waals surface area contributed by atoms with Gasteiger partial charge in [-0.2, -0.15) is 0 Å². The van der Waals surface area contributed by atoms with E-state index in [9.17, 15) is 5.11 Å². The van der Waals surface area contributed by atoms with Gasteiger partial charge >= 0.3 is 0 Å². The van der Waals surface area contributed by atoms with E-state index in [1.807, 2.05) is 0 Å². The van der Waals surface area contributed by atoms with Crippen molar-refractivity contribution < 1.29 is 14.6 Å². The number of benzene rings is 1. The summed E-state index contributed by atoms with van der Waals surface area (Å²) in [4.78, 5) is 0. The Morgan fingerprint density at radius 2 is 2.06 bits per heavy atom. The quantitative estimate of drug-likeness (QED) is 0.912. The lowest BCUT2D eigenvalue weighted by atomic mass is 10.0. The molecule has 4 heteroatoms. The van der Waals surface area contributed by atoms with Crippen LogP contribution in [-0.2, 0) is 0 Å². The van der Waals surface area contributed by atoms with Crippen molar-refractivity contribution in [3.8, 4) is 11.5 Å². The van der Waals surface area contributed by atoms with E-state index in [4.69, 9.17) is 9.47 Å². The summed E-state index contributed by atoms with van der Waals surface area (Å²) in [6.07, 6.45) is 0. The van der Waals surface area contributed by atoms with Crippen LogP contribution in [0.4, 0.5) is 0 Å². The number of rotatable bonds is 2. The molecule has 0 bridgehead atoms. The van der Waals surface area contributed by atoms with Gasteiger partial charge in [0.25, 0.3) is 0 Å². The highest BCUT2D eigenvalue weighted by molar-refractivity contribution is 9.10. The van der Waals surface area contributed by atoms with E-state index in [0.717, 1.165) is 16.0 Å². The Morgan fingerprint density at radius 3 is 2.72 bits per heavy atom. The van der Waals surface area contributed by atoms with Crippen molar-refractivity contribution in [1.82, 2.24) is 0 Å². The second-order valence-electron chi connectivity index (χ2n) is 5.62. The average molecular weight is 313 g/mol. The van der Waals surface area contributed by atoms with Crippen LogP contribution in [0.25, 0.3) is 0 Å². The third kappa shape index (κ3) is 1.74. The standard InChI is InChI=1S/C14H17BrO3/c1-14(2)9(7-16)12(14)8-5-10(15)13-11(6-8)17-3-4-18-13/h5-6,9,12,16H,3-4,7H2,1-2H3. The molecule has 0 amide bonds. The van der Waals surface area contributed by atoms with Gasteiger partial charge in [-0.3, -0.25) is 0 Å². The van der Waals surface area contributed by atoms with Crippen molar-refractivity contribution in [2.45, 2.75) is 19.8 Å². The second-order valence-corrected chi connectivity index (χ2v) is 6.47. The van der Waals surface area contributed by atoms with Crippen LogP contribution < -0.4 is 9.47 Å². The van der Waals surface area contributed by atoms with Gasteiger partial charge in [-0.1, -0.05) is 13.8 Å². The first kappa shape index (κ1) is 12.3. The van der Waals surface area contributed by atoms with Crippen molar-refractivity contribution in [2.75, 3.05) is 19.8 Å². The van der Waals surface area contributed by atoms with Gasteiger partial charge in [0, 0.05) is 6.61 Å². The topological polar surface area (TPSA) is 38.7 Å². The van der Waals surface area contributed by atoms with Crippen LogP contribution in [0.1, 0.15) is 25.3 Å².